The average molecular weight is 920 g/mol. The highest BCUT2D eigenvalue weighted by Crippen LogP contribution is 2.36. The molecule has 0 spiro atoms. The van der Waals surface area contributed by atoms with Gasteiger partial charge >= 0.3 is 5.69 Å². The summed E-state index contributed by atoms with van der Waals surface area (Å²) in [5.41, 5.74) is 8.10. The van der Waals surface area contributed by atoms with Crippen LogP contribution in [0.4, 0.5) is 23.4 Å². The predicted octanol–water partition coefficient (Wildman–Crippen LogP) is 5.69. The fraction of sp³-hybridized carbons (Fsp3) is 0.587. The molecule has 6 heterocycles. The number of nitrogens with zero attached hydrogens (tertiary/aromatic N) is 8. The smallest absolute Gasteiger partial charge is 0.329 e. The molecule has 3 atom stereocenters. The van der Waals surface area contributed by atoms with Crippen molar-refractivity contribution in [3.63, 3.8) is 0 Å². The molecular formula is C46H57F4N11O5. The summed E-state index contributed by atoms with van der Waals surface area (Å²) in [4.78, 5) is 58.2. The zero-order chi connectivity index (χ0) is 46.3. The molecule has 0 bridgehead atoms. The summed E-state index contributed by atoms with van der Waals surface area (Å²) in [5, 5.41) is 13.9. The first-order chi connectivity index (χ1) is 31.7. The largest absolute Gasteiger partial charge is 0.378 e. The average Bonchev–Trinajstić information content (AvgIpc) is 3.99. The number of nitrogens with two attached hydrogens (primary N) is 1. The summed E-state index contributed by atoms with van der Waals surface area (Å²) >= 11 is 0. The fourth-order valence-corrected chi connectivity index (χ4v) is 10.6. The van der Waals surface area contributed by atoms with E-state index in [0.717, 1.165) is 75.7 Å². The maximum atomic E-state index is 14.3. The van der Waals surface area contributed by atoms with Crippen LogP contribution in [0.2, 0.25) is 0 Å². The molecule has 354 valence electrons. The van der Waals surface area contributed by atoms with Crippen LogP contribution in [0.15, 0.2) is 47.7 Å². The summed E-state index contributed by atoms with van der Waals surface area (Å²) in [6, 6.07) is 4.42. The number of aromatic nitrogens is 7. The van der Waals surface area contributed by atoms with Gasteiger partial charge in [-0.25, -0.2) is 31.9 Å². The Morgan fingerprint density at radius 2 is 1.82 bits per heavy atom. The van der Waals surface area contributed by atoms with E-state index < -0.39 is 47.9 Å². The first-order valence-electron chi connectivity index (χ1n) is 23.2. The van der Waals surface area contributed by atoms with Gasteiger partial charge in [-0.05, 0) is 94.2 Å². The van der Waals surface area contributed by atoms with Crippen molar-refractivity contribution in [3.8, 4) is 0 Å². The highest BCUT2D eigenvalue weighted by molar-refractivity contribution is 6.02. The number of carbonyl (C=O) groups is 3. The van der Waals surface area contributed by atoms with E-state index >= 15 is 0 Å². The van der Waals surface area contributed by atoms with Crippen molar-refractivity contribution in [1.82, 2.24) is 43.7 Å². The molecule has 66 heavy (non-hydrogen) atoms. The SMILES string of the molecule is Cn1c(=O)n(C2CCC(=O)NC2=O)c2cccc(CCCOC3CCN(CC4CCC(n5cc(CC(=O)c6cnn7ccc(N[C@@H]8CCCC(F)(F)[C@@H]8N)nc67)c(C(F)F)n5)CC4)CC3)c21. The summed E-state index contributed by atoms with van der Waals surface area (Å²) < 4.78 is 69.7. The Morgan fingerprint density at radius 1 is 1.03 bits per heavy atom. The normalized spacial score (nSPS) is 24.4. The van der Waals surface area contributed by atoms with Gasteiger partial charge in [-0.3, -0.25) is 33.5 Å². The Bertz CT molecular complexity index is 2640. The number of nitrogens with one attached hydrogen (secondary N) is 2. The van der Waals surface area contributed by atoms with Crippen LogP contribution in [0, 0.1) is 5.92 Å². The number of imide groups is 1. The number of carbonyl (C=O) groups excluding carboxylic acids is 3. The second kappa shape index (κ2) is 19.0. The number of ether oxygens (including phenoxy) is 1. The number of para-hydroxylation sites is 1. The topological polar surface area (TPSA) is 189 Å². The molecule has 16 nitrogen and oxygen atoms in total. The Kier molecular flexibility index (Phi) is 13.2. The molecule has 4 fully saturated rings. The minimum absolute atomic E-state index is 0.0605. The third-order valence-electron chi connectivity index (χ3n) is 14.2. The van der Waals surface area contributed by atoms with Crippen molar-refractivity contribution in [2.45, 2.75) is 133 Å². The van der Waals surface area contributed by atoms with Crippen LogP contribution in [0.3, 0.4) is 0 Å². The Balaban J connectivity index is 0.731. The number of Topliss-reactive ketones (excluding diaryl/α,β-unsaturated/α-hetero) is 1. The van der Waals surface area contributed by atoms with Gasteiger partial charge in [-0.1, -0.05) is 12.1 Å². The van der Waals surface area contributed by atoms with Crippen LogP contribution in [0.1, 0.15) is 123 Å². The van der Waals surface area contributed by atoms with Crippen LogP contribution in [0.5, 0.6) is 0 Å². The number of benzene rings is 1. The number of halogens is 4. The number of rotatable bonds is 15. The molecule has 2 saturated heterocycles. The quantitative estimate of drug-likeness (QED) is 0.0507. The number of anilines is 1. The first kappa shape index (κ1) is 45.7. The van der Waals surface area contributed by atoms with Crippen LogP contribution in [-0.2, 0) is 34.2 Å². The van der Waals surface area contributed by atoms with Crippen molar-refractivity contribution >= 4 is 40.1 Å². The predicted molar refractivity (Wildman–Crippen MR) is 236 cm³/mol. The van der Waals surface area contributed by atoms with E-state index in [1.165, 1.54) is 15.3 Å². The van der Waals surface area contributed by atoms with Crippen molar-refractivity contribution in [1.29, 1.82) is 0 Å². The molecule has 2 amide bonds. The lowest BCUT2D eigenvalue weighted by atomic mass is 9.85. The number of imidazole rings is 1. The van der Waals surface area contributed by atoms with E-state index in [4.69, 9.17) is 10.5 Å². The van der Waals surface area contributed by atoms with Crippen LogP contribution < -0.4 is 22.1 Å². The number of ketones is 1. The molecule has 9 rings (SSSR count). The fourth-order valence-electron chi connectivity index (χ4n) is 10.6. The molecule has 1 aromatic carbocycles. The zero-order valence-corrected chi connectivity index (χ0v) is 37.0. The second-order valence-electron chi connectivity index (χ2n) is 18.6. The molecule has 4 aliphatic rings. The lowest BCUT2D eigenvalue weighted by Gasteiger charge is -2.36. The summed E-state index contributed by atoms with van der Waals surface area (Å²) in [6.07, 6.45) is 9.18. The minimum Gasteiger partial charge on any atom is -0.378 e. The summed E-state index contributed by atoms with van der Waals surface area (Å²) in [6.45, 7) is 3.42. The van der Waals surface area contributed by atoms with Gasteiger partial charge in [-0.2, -0.15) is 10.2 Å². The van der Waals surface area contributed by atoms with E-state index in [1.807, 2.05) is 18.2 Å². The van der Waals surface area contributed by atoms with Crippen LogP contribution in [-0.4, -0.2) is 106 Å². The van der Waals surface area contributed by atoms with Crippen molar-refractivity contribution in [3.05, 3.63) is 75.7 Å². The molecule has 0 radical (unpaired) electrons. The molecule has 4 N–H and O–H groups in total. The zero-order valence-electron chi connectivity index (χ0n) is 37.0. The number of alkyl halides is 4. The van der Waals surface area contributed by atoms with E-state index in [1.54, 1.807) is 34.8 Å². The highest BCUT2D eigenvalue weighted by Gasteiger charge is 2.45. The number of likely N-dealkylation sites (tertiary alicyclic amines) is 1. The molecule has 2 saturated carbocycles. The molecule has 2 aliphatic carbocycles. The van der Waals surface area contributed by atoms with Gasteiger partial charge in [-0.15, -0.1) is 0 Å². The summed E-state index contributed by atoms with van der Waals surface area (Å²) in [7, 11) is 1.71. The lowest BCUT2D eigenvalue weighted by molar-refractivity contribution is -0.135. The number of aryl methyl sites for hydroxylation is 2. The van der Waals surface area contributed by atoms with E-state index in [2.05, 4.69) is 30.7 Å². The monoisotopic (exact) mass is 919 g/mol. The van der Waals surface area contributed by atoms with Gasteiger partial charge in [0.15, 0.2) is 11.4 Å². The molecule has 4 aromatic heterocycles. The van der Waals surface area contributed by atoms with Crippen molar-refractivity contribution < 1.29 is 36.7 Å². The second-order valence-corrected chi connectivity index (χ2v) is 18.6. The highest BCUT2D eigenvalue weighted by atomic mass is 19.3. The Hall–Kier alpha value is -5.47. The molecule has 1 unspecified atom stereocenters. The van der Waals surface area contributed by atoms with Gasteiger partial charge in [0.1, 0.15) is 17.6 Å². The summed E-state index contributed by atoms with van der Waals surface area (Å²) in [5.74, 6) is -3.50. The van der Waals surface area contributed by atoms with Crippen LogP contribution in [0.25, 0.3) is 16.7 Å². The third-order valence-corrected chi connectivity index (χ3v) is 14.2. The maximum absolute atomic E-state index is 14.3. The Morgan fingerprint density at radius 3 is 2.58 bits per heavy atom. The van der Waals surface area contributed by atoms with Crippen molar-refractivity contribution in [2.75, 3.05) is 31.6 Å². The standard InChI is InChI=1S/C46H57F4N11O5/c1-57-40-28(5-2-8-34(40)61(45(57)65)35-13-14-38(63)55-44(35)64)6-4-22-66-31-15-19-58(20-16-31)25-27-9-11-30(12-10-27)60-26-29(39(56-60)42(47)48)23-36(62)32-24-52-59-21-17-37(54-43(32)59)53-33-7-3-18-46(49,50)41(33)51/h2,5,8,17,21,24,26-27,30-31,33,35,41-42H,3-4,6-7,9-16,18-20,22-23,25,51H2,1H3,(H,53,54)(H,55,63,64)/t27?,30?,33-,35?,41-/m1/s1. The number of hydrogen-bond acceptors (Lipinski definition) is 11. The molecular weight excluding hydrogens is 863 g/mol. The maximum Gasteiger partial charge on any atom is 0.329 e. The minimum atomic E-state index is -3.01. The Labute approximate surface area is 378 Å². The third kappa shape index (κ3) is 9.40. The van der Waals surface area contributed by atoms with Crippen molar-refractivity contribution in [2.24, 2.45) is 18.7 Å². The number of fused-ring (bicyclic) bond motifs is 2. The number of piperidine rings is 2. The van der Waals surface area contributed by atoms with Crippen LogP contribution >= 0.6 is 0 Å². The van der Waals surface area contributed by atoms with E-state index in [-0.39, 0.29) is 72.0 Å². The van der Waals surface area contributed by atoms with Gasteiger partial charge in [0.2, 0.25) is 11.8 Å². The molecule has 20 heteroatoms. The number of amides is 2. The molecule has 5 aromatic rings. The van der Waals surface area contributed by atoms with Gasteiger partial charge in [0.25, 0.3) is 12.3 Å². The van der Waals surface area contributed by atoms with Gasteiger partial charge < -0.3 is 20.7 Å². The van der Waals surface area contributed by atoms with Gasteiger partial charge in [0.05, 0.1) is 41.0 Å². The lowest BCUT2D eigenvalue weighted by Crippen LogP contribution is -2.55. The van der Waals surface area contributed by atoms with E-state index in [0.29, 0.717) is 37.3 Å². The first-order valence-corrected chi connectivity index (χ1v) is 23.2. The molecule has 2 aliphatic heterocycles. The van der Waals surface area contributed by atoms with Gasteiger partial charge in [0, 0.05) is 76.6 Å². The van der Waals surface area contributed by atoms with E-state index in [9.17, 15) is 36.7 Å². The number of hydrogen-bond donors (Lipinski definition) is 3.